The van der Waals surface area contributed by atoms with Gasteiger partial charge in [0.25, 0.3) is 0 Å². The zero-order valence-corrected chi connectivity index (χ0v) is 19.6. The monoisotopic (exact) mass is 478 g/mol. The second-order valence-corrected chi connectivity index (χ2v) is 8.62. The lowest BCUT2D eigenvalue weighted by atomic mass is 9.89. The predicted octanol–water partition coefficient (Wildman–Crippen LogP) is 6.95. The van der Waals surface area contributed by atoms with E-state index in [-0.39, 0.29) is 22.9 Å². The lowest BCUT2D eigenvalue weighted by Crippen LogP contribution is -2.25. The smallest absolute Gasteiger partial charge is 0.200 e. The van der Waals surface area contributed by atoms with Crippen LogP contribution in [0.5, 0.6) is 5.75 Å². The molecule has 6 rings (SSSR count). The topological polar surface area (TPSA) is 56.5 Å². The van der Waals surface area contributed by atoms with Crippen LogP contribution in [0.4, 0.5) is 4.39 Å². The molecule has 0 fully saturated rings. The summed E-state index contributed by atoms with van der Waals surface area (Å²) in [6.07, 6.45) is 1.54. The van der Waals surface area contributed by atoms with Crippen molar-refractivity contribution in [3.8, 4) is 16.9 Å². The summed E-state index contributed by atoms with van der Waals surface area (Å²) in [5, 5.41) is 0.622. The summed E-state index contributed by atoms with van der Waals surface area (Å²) in [6, 6.07) is 28.4. The van der Waals surface area contributed by atoms with E-state index in [0.29, 0.717) is 34.5 Å². The largest absolute Gasteiger partial charge is 0.492 e. The number of fused-ring (bicyclic) bond motifs is 2. The van der Waals surface area contributed by atoms with Gasteiger partial charge in [0.2, 0.25) is 0 Å². The van der Waals surface area contributed by atoms with Crippen LogP contribution in [0.2, 0.25) is 0 Å². The molecule has 178 valence electrons. The van der Waals surface area contributed by atoms with Crippen molar-refractivity contribution in [3.05, 3.63) is 136 Å². The van der Waals surface area contributed by atoms with Crippen LogP contribution in [0.3, 0.4) is 0 Å². The van der Waals surface area contributed by atoms with Gasteiger partial charge in [-0.25, -0.2) is 4.39 Å². The summed E-state index contributed by atoms with van der Waals surface area (Å²) < 4.78 is 24.0. The highest BCUT2D eigenvalue weighted by atomic mass is 19.1. The molecule has 1 aliphatic rings. The average molecular weight is 479 g/mol. The number of carbonyl (C=O) groups excluding carboxylic acids is 1. The van der Waals surface area contributed by atoms with Gasteiger partial charge in [0.1, 0.15) is 30.0 Å². The second-order valence-electron chi connectivity index (χ2n) is 8.62. The first-order chi connectivity index (χ1) is 17.5. The fourth-order valence-electron chi connectivity index (χ4n) is 4.27. The van der Waals surface area contributed by atoms with Crippen molar-refractivity contribution >= 4 is 16.8 Å². The highest BCUT2D eigenvalue weighted by Crippen LogP contribution is 2.32. The number of ether oxygens (including phenoxy) is 1. The van der Waals surface area contributed by atoms with Crippen LogP contribution in [0, 0.1) is 12.7 Å². The Morgan fingerprint density at radius 3 is 2.36 bits per heavy atom. The van der Waals surface area contributed by atoms with Gasteiger partial charge in [-0.3, -0.25) is 9.59 Å². The van der Waals surface area contributed by atoms with Crippen LogP contribution < -0.4 is 10.2 Å². The van der Waals surface area contributed by atoms with Crippen molar-refractivity contribution in [2.45, 2.75) is 12.8 Å². The van der Waals surface area contributed by atoms with E-state index in [1.54, 1.807) is 42.7 Å². The normalized spacial score (nSPS) is 14.4. The molecule has 0 bridgehead atoms. The molecular formula is C31H23FO4. The van der Waals surface area contributed by atoms with E-state index in [0.717, 1.165) is 16.7 Å². The quantitative estimate of drug-likeness (QED) is 0.275. The standard InChI is InChI=1S/C16H12O2.C15H11FO2/c1-11-5-4-6-12(9-11)14-10-18-15-8-3-2-7-13(15)16(14)17;16-11-7-5-10(6-8-11)13-9-18-14-4-2-1-3-12(14)15(13)17/h2-10H,1H3;1-8,13H,9H2. The van der Waals surface area contributed by atoms with Crippen LogP contribution in [0.1, 0.15) is 27.4 Å². The Labute approximate surface area is 207 Å². The van der Waals surface area contributed by atoms with E-state index in [1.165, 1.54) is 12.1 Å². The first-order valence-corrected chi connectivity index (χ1v) is 11.6. The fourth-order valence-corrected chi connectivity index (χ4v) is 4.27. The minimum atomic E-state index is -0.347. The molecule has 0 aliphatic carbocycles. The first kappa shape index (κ1) is 23.2. The summed E-state index contributed by atoms with van der Waals surface area (Å²) in [4.78, 5) is 24.7. The Kier molecular flexibility index (Phi) is 6.46. The number of aryl methyl sites for hydroxylation is 1. The number of carbonyl (C=O) groups is 1. The van der Waals surface area contributed by atoms with E-state index < -0.39 is 0 Å². The minimum absolute atomic E-state index is 0.0162. The van der Waals surface area contributed by atoms with Crippen LogP contribution in [-0.4, -0.2) is 12.4 Å². The Morgan fingerprint density at radius 1 is 0.806 bits per heavy atom. The molecule has 1 atom stereocenters. The lowest BCUT2D eigenvalue weighted by molar-refractivity contribution is 0.0896. The number of hydrogen-bond donors (Lipinski definition) is 0. The third-order valence-electron chi connectivity index (χ3n) is 6.16. The molecular weight excluding hydrogens is 455 g/mol. The molecule has 5 heteroatoms. The molecule has 5 aromatic rings. The van der Waals surface area contributed by atoms with Gasteiger partial charge in [-0.15, -0.1) is 0 Å². The molecule has 4 nitrogen and oxygen atoms in total. The molecule has 36 heavy (non-hydrogen) atoms. The summed E-state index contributed by atoms with van der Waals surface area (Å²) >= 11 is 0. The molecule has 0 saturated heterocycles. The van der Waals surface area contributed by atoms with Gasteiger partial charge >= 0.3 is 0 Å². The van der Waals surface area contributed by atoms with E-state index in [9.17, 15) is 14.0 Å². The highest BCUT2D eigenvalue weighted by molar-refractivity contribution is 6.04. The van der Waals surface area contributed by atoms with Gasteiger partial charge in [0.15, 0.2) is 11.2 Å². The summed E-state index contributed by atoms with van der Waals surface area (Å²) in [5.74, 6) is 0.00754. The molecule has 0 N–H and O–H groups in total. The fraction of sp³-hybridized carbons (Fsp3) is 0.0968. The van der Waals surface area contributed by atoms with Crippen molar-refractivity contribution in [2.75, 3.05) is 6.61 Å². The molecule has 0 spiro atoms. The third kappa shape index (κ3) is 4.68. The third-order valence-corrected chi connectivity index (χ3v) is 6.16. The Bertz CT molecular complexity index is 1600. The van der Waals surface area contributed by atoms with Crippen LogP contribution in [-0.2, 0) is 0 Å². The van der Waals surface area contributed by atoms with Gasteiger partial charge in [-0.2, -0.15) is 0 Å². The molecule has 0 radical (unpaired) electrons. The van der Waals surface area contributed by atoms with Gasteiger partial charge in [0, 0.05) is 0 Å². The van der Waals surface area contributed by atoms with Crippen molar-refractivity contribution in [2.24, 2.45) is 0 Å². The van der Waals surface area contributed by atoms with E-state index in [1.807, 2.05) is 55.5 Å². The first-order valence-electron chi connectivity index (χ1n) is 11.6. The van der Waals surface area contributed by atoms with Crippen molar-refractivity contribution in [1.29, 1.82) is 0 Å². The summed E-state index contributed by atoms with van der Waals surface area (Å²) in [5.41, 5.74) is 4.65. The number of hydrogen-bond acceptors (Lipinski definition) is 4. The van der Waals surface area contributed by atoms with E-state index in [2.05, 4.69) is 0 Å². The molecule has 4 aromatic carbocycles. The number of halogens is 1. The Hall–Kier alpha value is -4.51. The number of ketones is 1. The van der Waals surface area contributed by atoms with E-state index >= 15 is 0 Å². The zero-order chi connectivity index (χ0) is 25.1. The number of rotatable bonds is 2. The molecule has 0 amide bonds. The summed E-state index contributed by atoms with van der Waals surface area (Å²) in [6.45, 7) is 2.31. The maximum atomic E-state index is 12.9. The van der Waals surface area contributed by atoms with Gasteiger partial charge in [-0.1, -0.05) is 66.2 Å². The predicted molar refractivity (Wildman–Crippen MR) is 138 cm³/mol. The van der Waals surface area contributed by atoms with Gasteiger partial charge in [0.05, 0.1) is 22.4 Å². The number of Topliss-reactive ketones (excluding diaryl/α,β-unsaturated/α-hetero) is 1. The maximum Gasteiger partial charge on any atom is 0.200 e. The second kappa shape index (κ2) is 10.0. The molecule has 1 aliphatic heterocycles. The summed E-state index contributed by atoms with van der Waals surface area (Å²) in [7, 11) is 0. The average Bonchev–Trinajstić information content (AvgIpc) is 2.91. The van der Waals surface area contributed by atoms with Crippen LogP contribution in [0.25, 0.3) is 22.1 Å². The van der Waals surface area contributed by atoms with Crippen molar-refractivity contribution in [1.82, 2.24) is 0 Å². The Balaban J connectivity index is 0.000000148. The molecule has 1 aromatic heterocycles. The molecule has 2 heterocycles. The molecule has 1 unspecified atom stereocenters. The van der Waals surface area contributed by atoms with Crippen molar-refractivity contribution in [3.63, 3.8) is 0 Å². The maximum absolute atomic E-state index is 12.9. The number of para-hydroxylation sites is 2. The highest BCUT2D eigenvalue weighted by Gasteiger charge is 2.29. The number of benzene rings is 4. The molecule has 0 saturated carbocycles. The van der Waals surface area contributed by atoms with Gasteiger partial charge < -0.3 is 9.15 Å². The van der Waals surface area contributed by atoms with Crippen LogP contribution >= 0.6 is 0 Å². The van der Waals surface area contributed by atoms with Crippen molar-refractivity contribution < 1.29 is 18.3 Å². The van der Waals surface area contributed by atoms with Gasteiger partial charge in [-0.05, 0) is 54.4 Å². The van der Waals surface area contributed by atoms with E-state index in [4.69, 9.17) is 9.15 Å². The Morgan fingerprint density at radius 2 is 1.56 bits per heavy atom. The lowest BCUT2D eigenvalue weighted by Gasteiger charge is -2.24. The minimum Gasteiger partial charge on any atom is -0.492 e. The SMILES string of the molecule is Cc1cccc(-c2coc3ccccc3c2=O)c1.O=C1c2ccccc2OCC1c1ccc(F)cc1. The zero-order valence-electron chi connectivity index (χ0n) is 19.6. The van der Waals surface area contributed by atoms with Crippen LogP contribution in [0.15, 0.2) is 113 Å².